The Morgan fingerprint density at radius 2 is 1.57 bits per heavy atom. The predicted octanol–water partition coefficient (Wildman–Crippen LogP) is 4.53. The quantitative estimate of drug-likeness (QED) is 0.763. The van der Waals surface area contributed by atoms with Crippen LogP contribution < -0.4 is 4.74 Å². The van der Waals surface area contributed by atoms with Gasteiger partial charge in [0.25, 0.3) is 0 Å². The largest absolute Gasteiger partial charge is 0.573 e. The topological polar surface area (TPSA) is 27.7 Å². The molecule has 0 aromatic heterocycles. The van der Waals surface area contributed by atoms with Gasteiger partial charge in [0.05, 0.1) is 11.2 Å². The van der Waals surface area contributed by atoms with Crippen LogP contribution >= 0.6 is 0 Å². The summed E-state index contributed by atoms with van der Waals surface area (Å²) in [6, 6.07) is 6.05. The Balaban J connectivity index is 1.63. The molecule has 0 bridgehead atoms. The SMILES string of the molecule is CC1(C)OB(C2C[C@@H]2c2ccc(OC(F)(F)F)cc2)OC1(C)C. The summed E-state index contributed by atoms with van der Waals surface area (Å²) in [5, 5.41) is 0. The summed E-state index contributed by atoms with van der Waals surface area (Å²) < 4.78 is 52.5. The Morgan fingerprint density at radius 3 is 2.04 bits per heavy atom. The molecule has 2 atom stereocenters. The van der Waals surface area contributed by atoms with E-state index in [1.165, 1.54) is 12.1 Å². The molecule has 1 heterocycles. The Morgan fingerprint density at radius 1 is 1.04 bits per heavy atom. The zero-order chi connectivity index (χ0) is 17.0. The molecule has 0 N–H and O–H groups in total. The molecule has 0 radical (unpaired) electrons. The molecule has 126 valence electrons. The highest BCUT2D eigenvalue weighted by Gasteiger charge is 2.59. The highest BCUT2D eigenvalue weighted by molar-refractivity contribution is 6.49. The lowest BCUT2D eigenvalue weighted by Crippen LogP contribution is -2.41. The summed E-state index contributed by atoms with van der Waals surface area (Å²) in [6.07, 6.45) is -3.75. The Kier molecular flexibility index (Phi) is 3.72. The van der Waals surface area contributed by atoms with E-state index in [4.69, 9.17) is 9.31 Å². The van der Waals surface area contributed by atoms with E-state index in [0.717, 1.165) is 12.0 Å². The number of benzene rings is 1. The van der Waals surface area contributed by atoms with Crippen molar-refractivity contribution in [2.45, 2.75) is 63.4 Å². The van der Waals surface area contributed by atoms with Crippen LogP contribution in [0.2, 0.25) is 5.82 Å². The second-order valence-electron chi connectivity index (χ2n) is 7.25. The molecule has 3 nitrogen and oxygen atoms in total. The van der Waals surface area contributed by atoms with Gasteiger partial charge in [0.2, 0.25) is 0 Å². The maximum atomic E-state index is 12.2. The van der Waals surface area contributed by atoms with Gasteiger partial charge in [-0.3, -0.25) is 0 Å². The number of hydrogen-bond donors (Lipinski definition) is 0. The standard InChI is InChI=1S/C16H20BF3O3/c1-14(2)15(3,4)23-17(22-14)13-9-12(13)10-5-7-11(8-6-10)21-16(18,19)20/h5-8,12-13H,9H2,1-4H3/t12-,13?/m1/s1. The first-order valence-corrected chi connectivity index (χ1v) is 7.70. The maximum Gasteiger partial charge on any atom is 0.573 e. The van der Waals surface area contributed by atoms with E-state index >= 15 is 0 Å². The van der Waals surface area contributed by atoms with Crippen molar-refractivity contribution in [3.05, 3.63) is 29.8 Å². The maximum absolute atomic E-state index is 12.2. The molecule has 0 amide bonds. The van der Waals surface area contributed by atoms with Crippen LogP contribution in [0.5, 0.6) is 5.75 Å². The summed E-state index contributed by atoms with van der Waals surface area (Å²) in [6.45, 7) is 8.03. The third-order valence-electron chi connectivity index (χ3n) is 5.00. The summed E-state index contributed by atoms with van der Waals surface area (Å²) in [5.74, 6) is 0.296. The zero-order valence-electron chi connectivity index (χ0n) is 13.6. The van der Waals surface area contributed by atoms with Crippen molar-refractivity contribution in [3.8, 4) is 5.75 Å². The molecule has 1 saturated heterocycles. The monoisotopic (exact) mass is 328 g/mol. The van der Waals surface area contributed by atoms with Gasteiger partial charge in [-0.2, -0.15) is 0 Å². The van der Waals surface area contributed by atoms with Gasteiger partial charge in [0, 0.05) is 5.82 Å². The number of hydrogen-bond acceptors (Lipinski definition) is 3. The zero-order valence-corrected chi connectivity index (χ0v) is 13.6. The average molecular weight is 328 g/mol. The number of alkyl halides is 3. The average Bonchev–Trinajstić information content (AvgIpc) is 3.12. The minimum atomic E-state index is -4.66. The van der Waals surface area contributed by atoms with Crippen molar-refractivity contribution in [1.29, 1.82) is 0 Å². The van der Waals surface area contributed by atoms with E-state index in [2.05, 4.69) is 4.74 Å². The van der Waals surface area contributed by atoms with E-state index in [1.54, 1.807) is 12.1 Å². The molecule has 1 unspecified atom stereocenters. The first-order chi connectivity index (χ1) is 10.5. The van der Waals surface area contributed by atoms with Gasteiger partial charge in [0.1, 0.15) is 5.75 Å². The molecular weight excluding hydrogens is 308 g/mol. The van der Waals surface area contributed by atoms with Crippen LogP contribution in [0.15, 0.2) is 24.3 Å². The molecule has 7 heteroatoms. The molecule has 2 aliphatic rings. The lowest BCUT2D eigenvalue weighted by molar-refractivity contribution is -0.274. The molecule has 1 aromatic rings. The molecule has 2 fully saturated rings. The first kappa shape index (κ1) is 16.6. The van der Waals surface area contributed by atoms with Gasteiger partial charge in [-0.25, -0.2) is 0 Å². The van der Waals surface area contributed by atoms with E-state index in [9.17, 15) is 13.2 Å². The lowest BCUT2D eigenvalue weighted by atomic mass is 9.79. The summed E-state index contributed by atoms with van der Waals surface area (Å²) in [5.41, 5.74) is 0.254. The van der Waals surface area contributed by atoms with Crippen molar-refractivity contribution in [3.63, 3.8) is 0 Å². The number of halogens is 3. The lowest BCUT2D eigenvalue weighted by Gasteiger charge is -2.32. The second-order valence-corrected chi connectivity index (χ2v) is 7.25. The van der Waals surface area contributed by atoms with Crippen molar-refractivity contribution >= 4 is 7.12 Å². The summed E-state index contributed by atoms with van der Waals surface area (Å²) in [4.78, 5) is 0. The predicted molar refractivity (Wildman–Crippen MR) is 80.3 cm³/mol. The molecule has 23 heavy (non-hydrogen) atoms. The summed E-state index contributed by atoms with van der Waals surface area (Å²) in [7, 11) is -0.267. The van der Waals surface area contributed by atoms with Crippen LogP contribution in [-0.2, 0) is 9.31 Å². The van der Waals surface area contributed by atoms with Crippen LogP contribution in [0.1, 0.15) is 45.6 Å². The second kappa shape index (κ2) is 5.15. The highest BCUT2D eigenvalue weighted by Crippen LogP contribution is 2.58. The molecular formula is C16H20BF3O3. The third-order valence-corrected chi connectivity index (χ3v) is 5.00. The van der Waals surface area contributed by atoms with E-state index in [0.29, 0.717) is 0 Å². The van der Waals surface area contributed by atoms with Gasteiger partial charge in [-0.05, 0) is 57.7 Å². The fourth-order valence-electron chi connectivity index (χ4n) is 2.88. The Hall–Kier alpha value is -1.21. The third kappa shape index (κ3) is 3.35. The van der Waals surface area contributed by atoms with Crippen molar-refractivity contribution in [1.82, 2.24) is 0 Å². The smallest absolute Gasteiger partial charge is 0.406 e. The molecule has 0 spiro atoms. The minimum Gasteiger partial charge on any atom is -0.406 e. The summed E-state index contributed by atoms with van der Waals surface area (Å²) >= 11 is 0. The highest BCUT2D eigenvalue weighted by atomic mass is 19.4. The van der Waals surface area contributed by atoms with Crippen LogP contribution in [0.25, 0.3) is 0 Å². The Bertz CT molecular complexity index is 567. The van der Waals surface area contributed by atoms with Gasteiger partial charge < -0.3 is 14.0 Å². The van der Waals surface area contributed by atoms with E-state index < -0.39 is 6.36 Å². The van der Waals surface area contributed by atoms with Crippen molar-refractivity contribution < 1.29 is 27.2 Å². The normalized spacial score (nSPS) is 28.7. The molecule has 3 rings (SSSR count). The molecule has 1 aliphatic heterocycles. The first-order valence-electron chi connectivity index (χ1n) is 7.70. The number of rotatable bonds is 3. The molecule has 1 aliphatic carbocycles. The van der Waals surface area contributed by atoms with Crippen LogP contribution in [-0.4, -0.2) is 24.7 Å². The van der Waals surface area contributed by atoms with Gasteiger partial charge in [-0.15, -0.1) is 13.2 Å². The van der Waals surface area contributed by atoms with Gasteiger partial charge in [-0.1, -0.05) is 12.1 Å². The van der Waals surface area contributed by atoms with Crippen molar-refractivity contribution in [2.75, 3.05) is 0 Å². The fourth-order valence-corrected chi connectivity index (χ4v) is 2.88. The fraction of sp³-hybridized carbons (Fsp3) is 0.625. The van der Waals surface area contributed by atoms with Gasteiger partial charge >= 0.3 is 13.5 Å². The van der Waals surface area contributed by atoms with E-state index in [-0.39, 0.29) is 35.8 Å². The molecule has 1 saturated carbocycles. The Labute approximate surface area is 134 Å². The van der Waals surface area contributed by atoms with Crippen LogP contribution in [0.4, 0.5) is 13.2 Å². The van der Waals surface area contributed by atoms with E-state index in [1.807, 2.05) is 27.7 Å². The number of ether oxygens (including phenoxy) is 1. The van der Waals surface area contributed by atoms with Crippen LogP contribution in [0.3, 0.4) is 0 Å². The van der Waals surface area contributed by atoms with Crippen LogP contribution in [0, 0.1) is 0 Å². The van der Waals surface area contributed by atoms with Gasteiger partial charge in [0.15, 0.2) is 0 Å². The van der Waals surface area contributed by atoms with Crippen molar-refractivity contribution in [2.24, 2.45) is 0 Å². The minimum absolute atomic E-state index is 0.200. The molecule has 1 aromatic carbocycles.